The molecule has 0 fully saturated rings. The van der Waals surface area contributed by atoms with Gasteiger partial charge in [0.15, 0.2) is 11.1 Å². The number of aromatic nitrogens is 1. The zero-order valence-corrected chi connectivity index (χ0v) is 12.6. The van der Waals surface area contributed by atoms with Gasteiger partial charge in [-0.2, -0.15) is 0 Å². The van der Waals surface area contributed by atoms with E-state index in [1.54, 1.807) is 7.11 Å². The van der Waals surface area contributed by atoms with Gasteiger partial charge >= 0.3 is 11.6 Å². The lowest BCUT2D eigenvalue weighted by Gasteiger charge is -2.06. The number of ether oxygens (including phenoxy) is 1. The van der Waals surface area contributed by atoms with Crippen molar-refractivity contribution in [1.29, 1.82) is 0 Å². The highest BCUT2D eigenvalue weighted by Gasteiger charge is 2.20. The lowest BCUT2D eigenvalue weighted by atomic mass is 10.1. The first-order chi connectivity index (χ1) is 11.5. The number of pyridine rings is 1. The monoisotopic (exact) mass is 327 g/mol. The van der Waals surface area contributed by atoms with Crippen molar-refractivity contribution < 1.29 is 24.2 Å². The van der Waals surface area contributed by atoms with Crippen LogP contribution >= 0.6 is 0 Å². The average Bonchev–Trinajstić information content (AvgIpc) is 2.56. The summed E-state index contributed by atoms with van der Waals surface area (Å²) >= 11 is 0. The number of hydrogen-bond donors (Lipinski definition) is 2. The Hall–Kier alpha value is -3.35. The lowest BCUT2D eigenvalue weighted by Crippen LogP contribution is -2.13. The molecule has 3 rings (SSSR count). The number of aromatic carboxylic acids is 1. The maximum Gasteiger partial charge on any atom is 0.354 e. The van der Waals surface area contributed by atoms with E-state index in [-0.39, 0.29) is 11.0 Å². The molecule has 7 heteroatoms. The summed E-state index contributed by atoms with van der Waals surface area (Å²) in [4.78, 5) is 26.8. The Morgan fingerprint density at radius 3 is 2.62 bits per heavy atom. The quantitative estimate of drug-likeness (QED) is 0.755. The number of carboxylic acid groups (broad SMARTS) is 1. The number of hydrogen-bond acceptors (Lipinski definition) is 6. The number of rotatable bonds is 4. The third-order valence-corrected chi connectivity index (χ3v) is 3.58. The van der Waals surface area contributed by atoms with Crippen LogP contribution in [0.4, 0.5) is 0 Å². The van der Waals surface area contributed by atoms with Crippen LogP contribution in [0.25, 0.3) is 11.0 Å². The van der Waals surface area contributed by atoms with Gasteiger partial charge in [-0.3, -0.25) is 4.98 Å². The molecule has 0 aliphatic heterocycles. The zero-order chi connectivity index (χ0) is 17.3. The van der Waals surface area contributed by atoms with E-state index in [0.717, 1.165) is 11.3 Å². The smallest absolute Gasteiger partial charge is 0.354 e. The van der Waals surface area contributed by atoms with Gasteiger partial charge in [0.1, 0.15) is 11.5 Å². The summed E-state index contributed by atoms with van der Waals surface area (Å²) in [7, 11) is 1.58. The number of nitrogens with zero attached hydrogens (tertiary/aromatic N) is 1. The molecular formula is C17H13NO6. The Balaban J connectivity index is 2.03. The van der Waals surface area contributed by atoms with Gasteiger partial charge < -0.3 is 19.4 Å². The van der Waals surface area contributed by atoms with Crippen LogP contribution in [0.5, 0.6) is 11.5 Å². The Morgan fingerprint density at radius 2 is 2.00 bits per heavy atom. The zero-order valence-electron chi connectivity index (χ0n) is 12.6. The summed E-state index contributed by atoms with van der Waals surface area (Å²) in [5.74, 6) is -1.43. The second-order valence-electron chi connectivity index (χ2n) is 5.11. The Morgan fingerprint density at radius 1 is 1.29 bits per heavy atom. The van der Waals surface area contributed by atoms with Crippen molar-refractivity contribution in [3.63, 3.8) is 0 Å². The third kappa shape index (κ3) is 2.79. The fraction of sp³-hybridized carbons (Fsp3) is 0.118. The summed E-state index contributed by atoms with van der Waals surface area (Å²) in [5, 5.41) is 19.2. The van der Waals surface area contributed by atoms with Gasteiger partial charge in [-0.05, 0) is 23.8 Å². The summed E-state index contributed by atoms with van der Waals surface area (Å²) in [6, 6.07) is 8.88. The lowest BCUT2D eigenvalue weighted by molar-refractivity contribution is 0.0689. The van der Waals surface area contributed by atoms with Crippen LogP contribution in [-0.2, 0) is 6.42 Å². The molecule has 2 heterocycles. The van der Waals surface area contributed by atoms with Crippen molar-refractivity contribution in [2.75, 3.05) is 7.11 Å². The molecule has 122 valence electrons. The molecule has 0 radical (unpaired) electrons. The van der Waals surface area contributed by atoms with Crippen LogP contribution in [0.2, 0.25) is 0 Å². The molecule has 24 heavy (non-hydrogen) atoms. The molecule has 0 saturated heterocycles. The predicted octanol–water partition coefficient (Wildman–Crippen LogP) is 2.19. The van der Waals surface area contributed by atoms with Gasteiger partial charge in [0, 0.05) is 12.1 Å². The number of fused-ring (bicyclic) bond motifs is 1. The Kier molecular flexibility index (Phi) is 3.91. The minimum atomic E-state index is -1.54. The second-order valence-corrected chi connectivity index (χ2v) is 5.11. The van der Waals surface area contributed by atoms with Crippen LogP contribution in [0.15, 0.2) is 45.7 Å². The van der Waals surface area contributed by atoms with Gasteiger partial charge in [-0.15, -0.1) is 0 Å². The van der Waals surface area contributed by atoms with Crippen LogP contribution in [-0.4, -0.2) is 28.3 Å². The normalized spacial score (nSPS) is 10.7. The van der Waals surface area contributed by atoms with Crippen molar-refractivity contribution in [3.8, 4) is 11.5 Å². The molecule has 2 aromatic heterocycles. The molecule has 0 bridgehead atoms. The Labute approximate surface area is 135 Å². The highest BCUT2D eigenvalue weighted by molar-refractivity contribution is 5.97. The van der Waals surface area contributed by atoms with Gasteiger partial charge in [-0.1, -0.05) is 12.1 Å². The number of aromatic hydroxyl groups is 1. The molecule has 0 spiro atoms. The predicted molar refractivity (Wildman–Crippen MR) is 84.7 cm³/mol. The average molecular weight is 327 g/mol. The second kappa shape index (κ2) is 6.04. The van der Waals surface area contributed by atoms with Crippen LogP contribution in [0.3, 0.4) is 0 Å². The number of benzene rings is 1. The molecular weight excluding hydrogens is 314 g/mol. The first kappa shape index (κ1) is 15.5. The number of carboxylic acids is 1. The topological polar surface area (TPSA) is 110 Å². The molecule has 0 aliphatic rings. The summed E-state index contributed by atoms with van der Waals surface area (Å²) in [5.41, 5.74) is -0.326. The van der Waals surface area contributed by atoms with Gasteiger partial charge in [-0.25, -0.2) is 9.59 Å². The Bertz CT molecular complexity index is 975. The van der Waals surface area contributed by atoms with E-state index in [4.69, 9.17) is 14.3 Å². The van der Waals surface area contributed by atoms with Gasteiger partial charge in [0.25, 0.3) is 0 Å². The maximum absolute atomic E-state index is 11.6. The van der Waals surface area contributed by atoms with Gasteiger partial charge in [0.2, 0.25) is 0 Å². The van der Waals surface area contributed by atoms with Crippen molar-refractivity contribution in [3.05, 3.63) is 63.8 Å². The molecule has 7 nitrogen and oxygen atoms in total. The molecule has 0 atom stereocenters. The van der Waals surface area contributed by atoms with Gasteiger partial charge in [0.05, 0.1) is 18.7 Å². The fourth-order valence-corrected chi connectivity index (χ4v) is 2.37. The largest absolute Gasteiger partial charge is 0.506 e. The van der Waals surface area contributed by atoms with E-state index in [1.165, 1.54) is 12.3 Å². The summed E-state index contributed by atoms with van der Waals surface area (Å²) < 4.78 is 9.99. The molecule has 0 unspecified atom stereocenters. The van der Waals surface area contributed by atoms with E-state index in [1.807, 2.05) is 24.3 Å². The number of carbonyl (C=O) groups is 1. The van der Waals surface area contributed by atoms with E-state index < -0.39 is 22.9 Å². The molecule has 0 amide bonds. The van der Waals surface area contributed by atoms with E-state index in [9.17, 15) is 14.7 Å². The molecule has 1 aromatic carbocycles. The van der Waals surface area contributed by atoms with Crippen molar-refractivity contribution in [2.45, 2.75) is 6.42 Å². The highest BCUT2D eigenvalue weighted by atomic mass is 16.5. The van der Waals surface area contributed by atoms with Crippen LogP contribution in [0, 0.1) is 0 Å². The molecule has 0 aliphatic carbocycles. The van der Waals surface area contributed by atoms with Crippen molar-refractivity contribution in [2.24, 2.45) is 0 Å². The first-order valence-electron chi connectivity index (χ1n) is 7.00. The minimum Gasteiger partial charge on any atom is -0.506 e. The SMILES string of the molecule is COc1ccc(Cc2cc3c(O)c(C(=O)O)c(=O)oc3cn2)cc1. The third-order valence-electron chi connectivity index (χ3n) is 3.58. The number of methoxy groups -OCH3 is 1. The minimum absolute atomic E-state index is 0.0287. The van der Waals surface area contributed by atoms with E-state index in [2.05, 4.69) is 4.98 Å². The summed E-state index contributed by atoms with van der Waals surface area (Å²) in [6.45, 7) is 0. The molecule has 0 saturated carbocycles. The first-order valence-corrected chi connectivity index (χ1v) is 7.00. The fourth-order valence-electron chi connectivity index (χ4n) is 2.37. The van der Waals surface area contributed by atoms with Crippen LogP contribution < -0.4 is 10.4 Å². The van der Waals surface area contributed by atoms with Crippen molar-refractivity contribution >= 4 is 16.9 Å². The van der Waals surface area contributed by atoms with Crippen molar-refractivity contribution in [1.82, 2.24) is 4.98 Å². The maximum atomic E-state index is 11.6. The molecule has 3 aromatic rings. The van der Waals surface area contributed by atoms with E-state index in [0.29, 0.717) is 12.1 Å². The summed E-state index contributed by atoms with van der Waals surface area (Å²) in [6.07, 6.45) is 1.75. The highest BCUT2D eigenvalue weighted by Crippen LogP contribution is 2.27. The molecule has 2 N–H and O–H groups in total. The standard InChI is InChI=1S/C17H13NO6/c1-23-11-4-2-9(3-5-11)6-10-7-12-13(8-18-10)24-17(22)14(15(12)19)16(20)21/h2-5,7-8,19H,6H2,1H3,(H,20,21). The van der Waals surface area contributed by atoms with Crippen LogP contribution in [0.1, 0.15) is 21.6 Å². The van der Waals surface area contributed by atoms with E-state index >= 15 is 0 Å².